The average Bonchev–Trinajstić information content (AvgIpc) is 3.22. The summed E-state index contributed by atoms with van der Waals surface area (Å²) in [5.41, 5.74) is 2.40. The molecule has 4 rings (SSSR count). The summed E-state index contributed by atoms with van der Waals surface area (Å²) in [6, 6.07) is 16.2. The number of ether oxygens (including phenoxy) is 1. The number of rotatable bonds is 5. The topological polar surface area (TPSA) is 77.0 Å². The molecule has 4 aromatic rings. The quantitative estimate of drug-likeness (QED) is 0.502. The van der Waals surface area contributed by atoms with E-state index in [4.69, 9.17) is 4.74 Å². The van der Waals surface area contributed by atoms with Gasteiger partial charge in [-0.1, -0.05) is 29.5 Å². The van der Waals surface area contributed by atoms with E-state index in [1.54, 1.807) is 43.5 Å². The molecule has 9 heteroatoms. The predicted molar refractivity (Wildman–Crippen MR) is 107 cm³/mol. The maximum Gasteiger partial charge on any atom is 0.291 e. The van der Waals surface area contributed by atoms with E-state index >= 15 is 0 Å². The molecule has 0 bridgehead atoms. The molecule has 0 fully saturated rings. The van der Waals surface area contributed by atoms with Gasteiger partial charge in [0.15, 0.2) is 5.01 Å². The molecule has 0 unspecified atom stereocenters. The van der Waals surface area contributed by atoms with Crippen molar-refractivity contribution < 1.29 is 18.3 Å². The molecule has 0 atom stereocenters. The molecule has 146 valence electrons. The molecule has 0 saturated carbocycles. The number of alkyl halides is 2. The van der Waals surface area contributed by atoms with Crippen LogP contribution in [0.25, 0.3) is 22.2 Å². The van der Waals surface area contributed by atoms with E-state index in [9.17, 15) is 13.6 Å². The van der Waals surface area contributed by atoms with Gasteiger partial charge < -0.3 is 4.74 Å². The minimum Gasteiger partial charge on any atom is -0.497 e. The van der Waals surface area contributed by atoms with Gasteiger partial charge in [-0.15, -0.1) is 10.2 Å². The van der Waals surface area contributed by atoms with Gasteiger partial charge in [-0.05, 0) is 36.4 Å². The van der Waals surface area contributed by atoms with Gasteiger partial charge in [0.05, 0.1) is 23.9 Å². The number of fused-ring (bicyclic) bond motifs is 1. The van der Waals surface area contributed by atoms with E-state index in [1.807, 2.05) is 18.2 Å². The Morgan fingerprint density at radius 1 is 1.10 bits per heavy atom. The Hall–Kier alpha value is -3.46. The van der Waals surface area contributed by atoms with Crippen LogP contribution in [-0.4, -0.2) is 28.2 Å². The fourth-order valence-corrected chi connectivity index (χ4v) is 3.40. The van der Waals surface area contributed by atoms with Gasteiger partial charge in [-0.2, -0.15) is 0 Å². The van der Waals surface area contributed by atoms with E-state index in [2.05, 4.69) is 20.5 Å². The van der Waals surface area contributed by atoms with Crippen LogP contribution >= 0.6 is 11.3 Å². The zero-order chi connectivity index (χ0) is 20.4. The number of halogens is 2. The first-order valence-corrected chi connectivity index (χ1v) is 9.34. The number of para-hydroxylation sites is 1. The number of nitrogens with zero attached hydrogens (tertiary/aromatic N) is 3. The van der Waals surface area contributed by atoms with Crippen molar-refractivity contribution in [3.8, 4) is 17.0 Å². The van der Waals surface area contributed by atoms with Gasteiger partial charge in [-0.25, -0.2) is 13.8 Å². The first-order valence-electron chi connectivity index (χ1n) is 8.52. The number of anilines is 1. The summed E-state index contributed by atoms with van der Waals surface area (Å²) in [5, 5.41) is 9.75. The third-order valence-electron chi connectivity index (χ3n) is 4.19. The third kappa shape index (κ3) is 3.90. The van der Waals surface area contributed by atoms with Crippen molar-refractivity contribution in [1.82, 2.24) is 15.2 Å². The lowest BCUT2D eigenvalue weighted by Gasteiger charge is -2.10. The Morgan fingerprint density at radius 3 is 2.55 bits per heavy atom. The summed E-state index contributed by atoms with van der Waals surface area (Å²) in [7, 11) is 1.58. The molecule has 29 heavy (non-hydrogen) atoms. The van der Waals surface area contributed by atoms with Crippen LogP contribution in [0.3, 0.4) is 0 Å². The minimum atomic E-state index is -2.73. The van der Waals surface area contributed by atoms with Crippen molar-refractivity contribution in [3.63, 3.8) is 0 Å². The number of benzene rings is 2. The molecule has 6 nitrogen and oxygen atoms in total. The maximum atomic E-state index is 12.9. The fraction of sp³-hybridized carbons (Fsp3) is 0.100. The van der Waals surface area contributed by atoms with Crippen molar-refractivity contribution in [2.24, 2.45) is 0 Å². The predicted octanol–water partition coefficient (Wildman–Crippen LogP) is 4.95. The second-order valence-corrected chi connectivity index (χ2v) is 7.01. The van der Waals surface area contributed by atoms with Crippen LogP contribution in [-0.2, 0) is 0 Å². The molecule has 0 spiro atoms. The third-order valence-corrected chi connectivity index (χ3v) is 5.04. The van der Waals surface area contributed by atoms with E-state index in [-0.39, 0.29) is 5.13 Å². The van der Waals surface area contributed by atoms with Gasteiger partial charge in [0.2, 0.25) is 5.13 Å². The van der Waals surface area contributed by atoms with Crippen molar-refractivity contribution in [2.45, 2.75) is 6.43 Å². The molecule has 0 radical (unpaired) electrons. The highest BCUT2D eigenvalue weighted by Crippen LogP contribution is 2.28. The van der Waals surface area contributed by atoms with Crippen molar-refractivity contribution in [2.75, 3.05) is 12.4 Å². The van der Waals surface area contributed by atoms with Gasteiger partial charge in [0.1, 0.15) is 5.75 Å². The minimum absolute atomic E-state index is 0.0113. The maximum absolute atomic E-state index is 12.9. The van der Waals surface area contributed by atoms with Crippen LogP contribution in [0.4, 0.5) is 13.9 Å². The number of aromatic nitrogens is 3. The first-order chi connectivity index (χ1) is 14.0. The second kappa shape index (κ2) is 7.88. The molecule has 2 aromatic heterocycles. The van der Waals surface area contributed by atoms with Gasteiger partial charge in [0.25, 0.3) is 12.3 Å². The molecule has 1 N–H and O–H groups in total. The number of nitrogens with one attached hydrogen (secondary N) is 1. The Bertz CT molecular complexity index is 1180. The molecule has 2 aromatic carbocycles. The molecular weight excluding hydrogens is 398 g/mol. The van der Waals surface area contributed by atoms with E-state index in [0.717, 1.165) is 5.56 Å². The first kappa shape index (κ1) is 18.9. The van der Waals surface area contributed by atoms with Crippen LogP contribution in [0, 0.1) is 0 Å². The van der Waals surface area contributed by atoms with Gasteiger partial charge in [-0.3, -0.25) is 10.1 Å². The summed E-state index contributed by atoms with van der Waals surface area (Å²) >= 11 is 0.640. The summed E-state index contributed by atoms with van der Waals surface area (Å²) < 4.78 is 30.6. The number of hydrogen-bond acceptors (Lipinski definition) is 6. The Labute approximate surface area is 168 Å². The molecule has 0 aliphatic rings. The van der Waals surface area contributed by atoms with Crippen molar-refractivity contribution in [3.05, 3.63) is 65.2 Å². The standard InChI is InChI=1S/C20H14F2N4O2S/c1-28-12-8-6-11(7-9-12)16-10-14(13-4-2-3-5-15(13)23-16)18(27)24-20-26-25-19(29-20)17(21)22/h2-10,17H,1H3,(H,24,26,27). The fourth-order valence-electron chi connectivity index (χ4n) is 2.81. The number of hydrogen-bond donors (Lipinski definition) is 1. The van der Waals surface area contributed by atoms with Crippen molar-refractivity contribution >= 4 is 33.3 Å². The lowest BCUT2D eigenvalue weighted by atomic mass is 10.0. The smallest absolute Gasteiger partial charge is 0.291 e. The number of carbonyl (C=O) groups is 1. The molecule has 2 heterocycles. The highest BCUT2D eigenvalue weighted by atomic mass is 32.1. The zero-order valence-corrected chi connectivity index (χ0v) is 15.9. The van der Waals surface area contributed by atoms with Gasteiger partial charge in [0, 0.05) is 10.9 Å². The SMILES string of the molecule is COc1ccc(-c2cc(C(=O)Nc3nnc(C(F)F)s3)c3ccccc3n2)cc1. The summed E-state index contributed by atoms with van der Waals surface area (Å²) in [6.45, 7) is 0. The second-order valence-electron chi connectivity index (χ2n) is 6.00. The lowest BCUT2D eigenvalue weighted by molar-refractivity contribution is 0.102. The van der Waals surface area contributed by atoms with Crippen LogP contribution < -0.4 is 10.1 Å². The Balaban J connectivity index is 1.74. The normalized spacial score (nSPS) is 11.0. The van der Waals surface area contributed by atoms with Crippen LogP contribution in [0.1, 0.15) is 21.8 Å². The highest BCUT2D eigenvalue weighted by molar-refractivity contribution is 7.15. The molecule has 1 amide bonds. The highest BCUT2D eigenvalue weighted by Gasteiger charge is 2.18. The van der Waals surface area contributed by atoms with Gasteiger partial charge >= 0.3 is 0 Å². The monoisotopic (exact) mass is 412 g/mol. The average molecular weight is 412 g/mol. The number of pyridine rings is 1. The lowest BCUT2D eigenvalue weighted by Crippen LogP contribution is -2.13. The van der Waals surface area contributed by atoms with Crippen LogP contribution in [0.15, 0.2) is 54.6 Å². The van der Waals surface area contributed by atoms with E-state index in [1.165, 1.54) is 0 Å². The molecule has 0 aliphatic carbocycles. The summed E-state index contributed by atoms with van der Waals surface area (Å²) in [4.78, 5) is 17.5. The summed E-state index contributed by atoms with van der Waals surface area (Å²) in [6.07, 6.45) is -2.73. The summed E-state index contributed by atoms with van der Waals surface area (Å²) in [5.74, 6) is 0.230. The number of carbonyl (C=O) groups excluding carboxylic acids is 1. The molecule has 0 aliphatic heterocycles. The Kier molecular flexibility index (Phi) is 5.13. The number of amides is 1. The van der Waals surface area contributed by atoms with E-state index in [0.29, 0.717) is 39.2 Å². The molecule has 0 saturated heterocycles. The molecular formula is C20H14F2N4O2S. The zero-order valence-electron chi connectivity index (χ0n) is 15.1. The van der Waals surface area contributed by atoms with Crippen molar-refractivity contribution in [1.29, 1.82) is 0 Å². The van der Waals surface area contributed by atoms with Crippen LogP contribution in [0.2, 0.25) is 0 Å². The Morgan fingerprint density at radius 2 is 1.86 bits per heavy atom. The number of methoxy groups -OCH3 is 1. The van der Waals surface area contributed by atoms with E-state index < -0.39 is 17.3 Å². The van der Waals surface area contributed by atoms with Crippen LogP contribution in [0.5, 0.6) is 5.75 Å². The largest absolute Gasteiger partial charge is 0.497 e.